The summed E-state index contributed by atoms with van der Waals surface area (Å²) in [5, 5.41) is 0. The molecule has 0 amide bonds. The fraction of sp³-hybridized carbons (Fsp3) is 0.792. The first-order valence-electron chi connectivity index (χ1n) is 11.1. The molecule has 0 radical (unpaired) electrons. The Labute approximate surface area is 163 Å². The Morgan fingerprint density at radius 3 is 2.67 bits per heavy atom. The van der Waals surface area contributed by atoms with E-state index in [0.29, 0.717) is 11.8 Å². The van der Waals surface area contributed by atoms with E-state index < -0.39 is 0 Å². The number of fused-ring (bicyclic) bond motifs is 6. The third-order valence-electron chi connectivity index (χ3n) is 9.64. The zero-order valence-electron chi connectivity index (χ0n) is 17.2. The molecule has 3 fully saturated rings. The second-order valence-electron chi connectivity index (χ2n) is 10.1. The van der Waals surface area contributed by atoms with Gasteiger partial charge in [0, 0.05) is 18.3 Å². The summed E-state index contributed by atoms with van der Waals surface area (Å²) in [4.78, 5) is 12.1. The van der Waals surface area contributed by atoms with E-state index in [1.54, 1.807) is 7.11 Å². The molecule has 0 N–H and O–H groups in total. The van der Waals surface area contributed by atoms with E-state index >= 15 is 0 Å². The second-order valence-corrected chi connectivity index (χ2v) is 10.1. The fourth-order valence-corrected chi connectivity index (χ4v) is 8.28. The standard InChI is InChI=1S/C24H34O3/c1-4-23-12-8-19-18(20(23)9-13-24(23)14-10-21(25)27-24)6-5-16-15-17(26-3)7-11-22(16,19)2/h5,15,18-20H,4,6-14H2,1-3H3. The van der Waals surface area contributed by atoms with Gasteiger partial charge in [0.25, 0.3) is 0 Å². The van der Waals surface area contributed by atoms with Crippen LogP contribution in [0.4, 0.5) is 0 Å². The lowest BCUT2D eigenvalue weighted by Gasteiger charge is -2.59. The van der Waals surface area contributed by atoms with Crippen LogP contribution in [0.5, 0.6) is 0 Å². The van der Waals surface area contributed by atoms with Crippen LogP contribution < -0.4 is 0 Å². The molecule has 0 aromatic heterocycles. The summed E-state index contributed by atoms with van der Waals surface area (Å²) < 4.78 is 11.7. The van der Waals surface area contributed by atoms with E-state index in [-0.39, 0.29) is 17.0 Å². The first-order chi connectivity index (χ1) is 13.0. The Kier molecular flexibility index (Phi) is 3.88. The molecular formula is C24H34O3. The maximum Gasteiger partial charge on any atom is 0.306 e. The molecule has 0 bridgehead atoms. The van der Waals surface area contributed by atoms with Crippen molar-refractivity contribution in [1.82, 2.24) is 0 Å². The van der Waals surface area contributed by atoms with Gasteiger partial charge in [0.05, 0.1) is 12.9 Å². The largest absolute Gasteiger partial charge is 0.501 e. The van der Waals surface area contributed by atoms with Gasteiger partial charge in [0.2, 0.25) is 0 Å². The van der Waals surface area contributed by atoms with Crippen LogP contribution in [0.15, 0.2) is 23.5 Å². The molecule has 3 heteroatoms. The van der Waals surface area contributed by atoms with Gasteiger partial charge < -0.3 is 9.47 Å². The van der Waals surface area contributed by atoms with E-state index in [1.165, 1.54) is 37.7 Å². The highest BCUT2D eigenvalue weighted by Crippen LogP contribution is 2.70. The number of carbonyl (C=O) groups excluding carboxylic acids is 1. The van der Waals surface area contributed by atoms with Crippen LogP contribution in [0, 0.1) is 28.6 Å². The minimum Gasteiger partial charge on any atom is -0.501 e. The number of ether oxygens (including phenoxy) is 2. The fourth-order valence-electron chi connectivity index (χ4n) is 8.28. The number of hydrogen-bond donors (Lipinski definition) is 0. The molecule has 5 rings (SSSR count). The van der Waals surface area contributed by atoms with Gasteiger partial charge in [-0.15, -0.1) is 0 Å². The van der Waals surface area contributed by atoms with Crippen molar-refractivity contribution in [3.05, 3.63) is 23.5 Å². The van der Waals surface area contributed by atoms with Crippen molar-refractivity contribution in [3.8, 4) is 0 Å². The number of rotatable bonds is 2. The SMILES string of the molecule is CCC12CCC3C(CC=C4C=C(OC)CCC43C)C1CCC21CCC(=O)O1. The highest BCUT2D eigenvalue weighted by atomic mass is 16.6. The Hall–Kier alpha value is -1.25. The first kappa shape index (κ1) is 17.8. The predicted molar refractivity (Wildman–Crippen MR) is 105 cm³/mol. The van der Waals surface area contributed by atoms with Crippen LogP contribution in [0.25, 0.3) is 0 Å². The summed E-state index contributed by atoms with van der Waals surface area (Å²) in [6.45, 7) is 4.87. The summed E-state index contributed by atoms with van der Waals surface area (Å²) in [6, 6.07) is 0. The van der Waals surface area contributed by atoms with Crippen molar-refractivity contribution in [3.63, 3.8) is 0 Å². The van der Waals surface area contributed by atoms with Gasteiger partial charge in [-0.2, -0.15) is 0 Å². The normalized spacial score (nSPS) is 48.3. The van der Waals surface area contributed by atoms with Crippen LogP contribution in [-0.4, -0.2) is 18.7 Å². The quantitative estimate of drug-likeness (QED) is 0.597. The molecule has 1 heterocycles. The van der Waals surface area contributed by atoms with E-state index in [1.807, 2.05) is 0 Å². The highest BCUT2D eigenvalue weighted by molar-refractivity contribution is 5.72. The van der Waals surface area contributed by atoms with E-state index in [4.69, 9.17) is 9.47 Å². The monoisotopic (exact) mass is 370 g/mol. The van der Waals surface area contributed by atoms with Crippen molar-refractivity contribution < 1.29 is 14.3 Å². The molecule has 2 saturated carbocycles. The van der Waals surface area contributed by atoms with Gasteiger partial charge in [-0.3, -0.25) is 4.79 Å². The predicted octanol–water partition coefficient (Wildman–Crippen LogP) is 5.56. The molecule has 27 heavy (non-hydrogen) atoms. The Bertz CT molecular complexity index is 721. The van der Waals surface area contributed by atoms with E-state index in [0.717, 1.165) is 49.2 Å². The summed E-state index contributed by atoms with van der Waals surface area (Å²) in [7, 11) is 1.80. The number of carbonyl (C=O) groups is 1. The number of methoxy groups -OCH3 is 1. The Morgan fingerprint density at radius 2 is 1.96 bits per heavy atom. The van der Waals surface area contributed by atoms with Crippen LogP contribution in [-0.2, 0) is 14.3 Å². The Morgan fingerprint density at radius 1 is 1.15 bits per heavy atom. The average Bonchev–Trinajstić information content (AvgIpc) is 3.22. The first-order valence-corrected chi connectivity index (χ1v) is 11.1. The number of esters is 1. The third kappa shape index (κ3) is 2.17. The van der Waals surface area contributed by atoms with Crippen molar-refractivity contribution in [1.29, 1.82) is 0 Å². The molecule has 4 aliphatic carbocycles. The minimum atomic E-state index is -0.144. The van der Waals surface area contributed by atoms with Gasteiger partial charge in [0.15, 0.2) is 0 Å². The zero-order valence-corrected chi connectivity index (χ0v) is 17.2. The molecule has 5 aliphatic rings. The highest BCUT2D eigenvalue weighted by Gasteiger charge is 2.67. The molecule has 0 aromatic rings. The zero-order chi connectivity index (χ0) is 18.9. The molecule has 1 saturated heterocycles. The molecule has 3 nitrogen and oxygen atoms in total. The van der Waals surface area contributed by atoms with Crippen molar-refractivity contribution in [2.45, 2.75) is 83.7 Å². The average molecular weight is 371 g/mol. The molecule has 1 spiro atoms. The second kappa shape index (κ2) is 5.87. The van der Waals surface area contributed by atoms with Crippen LogP contribution in [0.3, 0.4) is 0 Å². The topological polar surface area (TPSA) is 35.5 Å². The van der Waals surface area contributed by atoms with E-state index in [9.17, 15) is 4.79 Å². The lowest BCUT2D eigenvalue weighted by molar-refractivity contribution is -0.170. The molecular weight excluding hydrogens is 336 g/mol. The maximum atomic E-state index is 12.1. The van der Waals surface area contributed by atoms with Gasteiger partial charge in [-0.1, -0.05) is 19.9 Å². The summed E-state index contributed by atoms with van der Waals surface area (Å²) in [6.07, 6.45) is 16.0. The van der Waals surface area contributed by atoms with Crippen molar-refractivity contribution in [2.24, 2.45) is 28.6 Å². The maximum absolute atomic E-state index is 12.1. The van der Waals surface area contributed by atoms with Gasteiger partial charge in [-0.25, -0.2) is 0 Å². The van der Waals surface area contributed by atoms with E-state index in [2.05, 4.69) is 26.0 Å². The molecule has 6 atom stereocenters. The van der Waals surface area contributed by atoms with Crippen LogP contribution >= 0.6 is 0 Å². The lowest BCUT2D eigenvalue weighted by Crippen LogP contribution is -2.55. The molecule has 0 aromatic carbocycles. The summed E-state index contributed by atoms with van der Waals surface area (Å²) in [5.74, 6) is 3.43. The van der Waals surface area contributed by atoms with Crippen molar-refractivity contribution in [2.75, 3.05) is 7.11 Å². The third-order valence-corrected chi connectivity index (χ3v) is 9.64. The molecule has 148 valence electrons. The number of allylic oxidation sites excluding steroid dienone is 4. The van der Waals surface area contributed by atoms with Gasteiger partial charge in [-0.05, 0) is 86.2 Å². The number of hydrogen-bond acceptors (Lipinski definition) is 3. The Balaban J connectivity index is 1.51. The molecule has 6 unspecified atom stereocenters. The smallest absolute Gasteiger partial charge is 0.306 e. The molecule has 1 aliphatic heterocycles. The summed E-state index contributed by atoms with van der Waals surface area (Å²) >= 11 is 0. The van der Waals surface area contributed by atoms with Gasteiger partial charge >= 0.3 is 5.97 Å². The van der Waals surface area contributed by atoms with Crippen molar-refractivity contribution >= 4 is 5.97 Å². The summed E-state index contributed by atoms with van der Waals surface area (Å²) in [5.41, 5.74) is 1.91. The van der Waals surface area contributed by atoms with Crippen LogP contribution in [0.2, 0.25) is 0 Å². The lowest BCUT2D eigenvalue weighted by atomic mass is 9.46. The van der Waals surface area contributed by atoms with Crippen LogP contribution in [0.1, 0.15) is 78.1 Å². The minimum absolute atomic E-state index is 0.0490. The van der Waals surface area contributed by atoms with Gasteiger partial charge in [0.1, 0.15) is 5.60 Å².